The lowest BCUT2D eigenvalue weighted by molar-refractivity contribution is 0.444. The number of benzene rings is 1. The maximum Gasteiger partial charge on any atom is 0.194 e. The summed E-state index contributed by atoms with van der Waals surface area (Å²) in [6, 6.07) is 6.03. The van der Waals surface area contributed by atoms with Crippen molar-refractivity contribution in [2.24, 2.45) is 0 Å². The summed E-state index contributed by atoms with van der Waals surface area (Å²) in [7, 11) is 0. The lowest BCUT2D eigenvalue weighted by atomic mass is 10.2. The van der Waals surface area contributed by atoms with Gasteiger partial charge in [0.05, 0.1) is 0 Å². The average molecular weight is 271 g/mol. The molecule has 0 saturated carbocycles. The van der Waals surface area contributed by atoms with Gasteiger partial charge < -0.3 is 5.32 Å². The molecule has 0 amide bonds. The van der Waals surface area contributed by atoms with Crippen molar-refractivity contribution in [2.45, 2.75) is 13.0 Å². The zero-order valence-electron chi connectivity index (χ0n) is 9.55. The summed E-state index contributed by atoms with van der Waals surface area (Å²) in [5.41, 5.74) is 0.401. The fraction of sp³-hybridized carbons (Fsp3) is 0.231. The maximum atomic E-state index is 12.9. The molecule has 5 heteroatoms. The van der Waals surface area contributed by atoms with E-state index in [9.17, 15) is 13.2 Å². The minimum absolute atomic E-state index is 0.319. The summed E-state index contributed by atoms with van der Waals surface area (Å²) >= 11 is 1.67. The van der Waals surface area contributed by atoms with E-state index in [1.54, 1.807) is 11.3 Å². The second-order valence-corrected chi connectivity index (χ2v) is 4.91. The molecule has 0 unspecified atom stereocenters. The highest BCUT2D eigenvalue weighted by atomic mass is 32.1. The monoisotopic (exact) mass is 271 g/mol. The van der Waals surface area contributed by atoms with Crippen LogP contribution < -0.4 is 5.32 Å². The molecule has 0 aliphatic heterocycles. The molecule has 0 aliphatic rings. The van der Waals surface area contributed by atoms with Crippen molar-refractivity contribution < 1.29 is 13.2 Å². The Labute approximate surface area is 107 Å². The number of nitrogens with one attached hydrogen (secondary N) is 1. The van der Waals surface area contributed by atoms with E-state index in [-0.39, 0.29) is 0 Å². The third-order valence-corrected chi connectivity index (χ3v) is 3.44. The second-order valence-electron chi connectivity index (χ2n) is 3.88. The first-order valence-electron chi connectivity index (χ1n) is 5.53. The Hall–Kier alpha value is -1.33. The van der Waals surface area contributed by atoms with Gasteiger partial charge in [-0.05, 0) is 35.6 Å². The Kier molecular flexibility index (Phi) is 4.38. The summed E-state index contributed by atoms with van der Waals surface area (Å²) in [6.07, 6.45) is 0.865. The molecule has 1 heterocycles. The summed E-state index contributed by atoms with van der Waals surface area (Å²) in [5, 5.41) is 5.06. The van der Waals surface area contributed by atoms with Crippen molar-refractivity contribution in [3.05, 3.63) is 57.5 Å². The fourth-order valence-corrected chi connectivity index (χ4v) is 2.32. The lowest BCUT2D eigenvalue weighted by Crippen LogP contribution is -2.16. The second kappa shape index (κ2) is 6.02. The molecule has 0 fully saturated rings. The number of halogens is 3. The van der Waals surface area contributed by atoms with Gasteiger partial charge in [0.15, 0.2) is 17.5 Å². The van der Waals surface area contributed by atoms with Crippen LogP contribution in [0.5, 0.6) is 0 Å². The van der Waals surface area contributed by atoms with E-state index in [0.29, 0.717) is 18.7 Å². The Morgan fingerprint density at radius 3 is 2.44 bits per heavy atom. The van der Waals surface area contributed by atoms with Crippen LogP contribution >= 0.6 is 11.3 Å². The SMILES string of the molecule is Fc1cc(CNCCc2cccs2)cc(F)c1F. The van der Waals surface area contributed by atoms with Crippen LogP contribution in [0.4, 0.5) is 13.2 Å². The number of hydrogen-bond acceptors (Lipinski definition) is 2. The normalized spacial score (nSPS) is 10.8. The Morgan fingerprint density at radius 1 is 1.11 bits per heavy atom. The summed E-state index contributed by atoms with van der Waals surface area (Å²) in [6.45, 7) is 1.03. The van der Waals surface area contributed by atoms with E-state index < -0.39 is 17.5 Å². The van der Waals surface area contributed by atoms with Crippen LogP contribution in [0.15, 0.2) is 29.6 Å². The van der Waals surface area contributed by atoms with Crippen molar-refractivity contribution in [1.82, 2.24) is 5.32 Å². The topological polar surface area (TPSA) is 12.0 Å². The minimum Gasteiger partial charge on any atom is -0.312 e. The van der Waals surface area contributed by atoms with Gasteiger partial charge in [-0.3, -0.25) is 0 Å². The Morgan fingerprint density at radius 2 is 1.83 bits per heavy atom. The average Bonchev–Trinajstić information content (AvgIpc) is 2.84. The first-order valence-corrected chi connectivity index (χ1v) is 6.41. The third-order valence-electron chi connectivity index (χ3n) is 2.50. The molecule has 0 atom stereocenters. The molecule has 1 N–H and O–H groups in total. The molecule has 18 heavy (non-hydrogen) atoms. The Balaban J connectivity index is 1.83. The zero-order valence-corrected chi connectivity index (χ0v) is 10.4. The molecule has 0 radical (unpaired) electrons. The van der Waals surface area contributed by atoms with Gasteiger partial charge in [-0.1, -0.05) is 6.07 Å². The van der Waals surface area contributed by atoms with Gasteiger partial charge in [0, 0.05) is 18.0 Å². The van der Waals surface area contributed by atoms with Crippen molar-refractivity contribution in [1.29, 1.82) is 0 Å². The molecular formula is C13H12F3NS. The van der Waals surface area contributed by atoms with Crippen LogP contribution in [0.2, 0.25) is 0 Å². The van der Waals surface area contributed by atoms with E-state index in [1.807, 2.05) is 17.5 Å². The largest absolute Gasteiger partial charge is 0.312 e. The number of hydrogen-bond donors (Lipinski definition) is 1. The van der Waals surface area contributed by atoms with Crippen LogP contribution in [0.1, 0.15) is 10.4 Å². The lowest BCUT2D eigenvalue weighted by Gasteiger charge is -2.05. The number of thiophene rings is 1. The van der Waals surface area contributed by atoms with Crippen LogP contribution in [-0.2, 0) is 13.0 Å². The molecule has 96 valence electrons. The highest BCUT2D eigenvalue weighted by Crippen LogP contribution is 2.13. The molecule has 1 aromatic carbocycles. The predicted octanol–water partition coefficient (Wildman–Crippen LogP) is 3.50. The van der Waals surface area contributed by atoms with E-state index in [4.69, 9.17) is 0 Å². The molecule has 2 aromatic rings. The van der Waals surface area contributed by atoms with Crippen LogP contribution in [-0.4, -0.2) is 6.54 Å². The summed E-state index contributed by atoms with van der Waals surface area (Å²) < 4.78 is 38.6. The molecular weight excluding hydrogens is 259 g/mol. The molecule has 0 aliphatic carbocycles. The predicted molar refractivity (Wildman–Crippen MR) is 66.0 cm³/mol. The molecule has 0 bridgehead atoms. The van der Waals surface area contributed by atoms with Crippen molar-refractivity contribution in [2.75, 3.05) is 6.54 Å². The molecule has 1 aromatic heterocycles. The number of rotatable bonds is 5. The smallest absolute Gasteiger partial charge is 0.194 e. The van der Waals surface area contributed by atoms with Gasteiger partial charge in [-0.2, -0.15) is 0 Å². The van der Waals surface area contributed by atoms with Gasteiger partial charge in [-0.15, -0.1) is 11.3 Å². The Bertz CT molecular complexity index is 488. The highest BCUT2D eigenvalue weighted by molar-refractivity contribution is 7.09. The fourth-order valence-electron chi connectivity index (χ4n) is 1.61. The molecule has 2 rings (SSSR count). The van der Waals surface area contributed by atoms with Gasteiger partial charge in [0.25, 0.3) is 0 Å². The van der Waals surface area contributed by atoms with Crippen LogP contribution in [0, 0.1) is 17.5 Å². The van der Waals surface area contributed by atoms with E-state index >= 15 is 0 Å². The minimum atomic E-state index is -1.42. The zero-order chi connectivity index (χ0) is 13.0. The molecule has 0 spiro atoms. The highest BCUT2D eigenvalue weighted by Gasteiger charge is 2.09. The third kappa shape index (κ3) is 3.34. The first kappa shape index (κ1) is 13.1. The standard InChI is InChI=1S/C13H12F3NS/c14-11-6-9(7-12(15)13(11)16)8-17-4-3-10-2-1-5-18-10/h1-2,5-7,17H,3-4,8H2. The van der Waals surface area contributed by atoms with Gasteiger partial charge in [0.2, 0.25) is 0 Å². The quantitative estimate of drug-likeness (QED) is 0.648. The molecule has 0 saturated heterocycles. The van der Waals surface area contributed by atoms with Gasteiger partial charge >= 0.3 is 0 Å². The van der Waals surface area contributed by atoms with E-state index in [2.05, 4.69) is 5.32 Å². The summed E-state index contributed by atoms with van der Waals surface area (Å²) in [4.78, 5) is 1.25. The van der Waals surface area contributed by atoms with Crippen molar-refractivity contribution >= 4 is 11.3 Å². The van der Waals surface area contributed by atoms with Crippen molar-refractivity contribution in [3.63, 3.8) is 0 Å². The first-order chi connectivity index (χ1) is 8.66. The van der Waals surface area contributed by atoms with E-state index in [1.165, 1.54) is 4.88 Å². The van der Waals surface area contributed by atoms with Gasteiger partial charge in [0.1, 0.15) is 0 Å². The van der Waals surface area contributed by atoms with Gasteiger partial charge in [-0.25, -0.2) is 13.2 Å². The summed E-state index contributed by atoms with van der Waals surface area (Å²) in [5.74, 6) is -3.72. The maximum absolute atomic E-state index is 12.9. The molecule has 1 nitrogen and oxygen atoms in total. The van der Waals surface area contributed by atoms with E-state index in [0.717, 1.165) is 18.6 Å². The van der Waals surface area contributed by atoms with Crippen molar-refractivity contribution in [3.8, 4) is 0 Å². The van der Waals surface area contributed by atoms with Crippen LogP contribution in [0.25, 0.3) is 0 Å². The van der Waals surface area contributed by atoms with Crippen LogP contribution in [0.3, 0.4) is 0 Å².